The molecule has 21 heavy (non-hydrogen) atoms. The molecule has 4 nitrogen and oxygen atoms in total. The highest BCUT2D eigenvalue weighted by atomic mass is 32.2. The number of fused-ring (bicyclic) bond motifs is 3. The Kier molecular flexibility index (Phi) is 3.49. The van der Waals surface area contributed by atoms with Crippen LogP contribution < -0.4 is 5.32 Å². The number of amidine groups is 2. The fourth-order valence-corrected chi connectivity index (χ4v) is 5.57. The van der Waals surface area contributed by atoms with Crippen LogP contribution in [0.2, 0.25) is 0 Å². The third-order valence-electron chi connectivity index (χ3n) is 4.54. The van der Waals surface area contributed by atoms with Crippen molar-refractivity contribution in [2.45, 2.75) is 57.2 Å². The number of thioether (sulfide) groups is 2. The van der Waals surface area contributed by atoms with Crippen LogP contribution in [0.25, 0.3) is 0 Å². The second kappa shape index (κ2) is 5.23. The highest BCUT2D eigenvalue weighted by Crippen LogP contribution is 2.41. The first-order valence-electron chi connectivity index (χ1n) is 7.81. The van der Waals surface area contributed by atoms with Gasteiger partial charge in [0.1, 0.15) is 0 Å². The van der Waals surface area contributed by atoms with Crippen LogP contribution in [0.3, 0.4) is 0 Å². The molecular weight excluding hydrogens is 300 g/mol. The average Bonchev–Trinajstić information content (AvgIpc) is 3.10. The second-order valence-corrected chi connectivity index (χ2v) is 8.65. The van der Waals surface area contributed by atoms with Gasteiger partial charge >= 0.3 is 0 Å². The van der Waals surface area contributed by atoms with Crippen LogP contribution in [0.15, 0.2) is 21.1 Å². The molecule has 0 aromatic carbocycles. The van der Waals surface area contributed by atoms with Crippen LogP contribution in [0.5, 0.6) is 0 Å². The van der Waals surface area contributed by atoms with Crippen LogP contribution in [-0.4, -0.2) is 45.2 Å². The zero-order chi connectivity index (χ0) is 14.4. The lowest BCUT2D eigenvalue weighted by Crippen LogP contribution is -2.40. The van der Waals surface area contributed by atoms with E-state index in [2.05, 4.69) is 34.5 Å². The summed E-state index contributed by atoms with van der Waals surface area (Å²) in [6.07, 6.45) is 5.27. The SMILES string of the molecule is CC1(C)CN=C(SCC2=CSC3=N[C@@H]4CCCC[C@@H]4N23)N1. The van der Waals surface area contributed by atoms with Crippen molar-refractivity contribution in [1.29, 1.82) is 0 Å². The van der Waals surface area contributed by atoms with Crippen molar-refractivity contribution < 1.29 is 0 Å². The summed E-state index contributed by atoms with van der Waals surface area (Å²) < 4.78 is 0. The van der Waals surface area contributed by atoms with Crippen LogP contribution in [0.4, 0.5) is 0 Å². The number of nitrogens with one attached hydrogen (secondary N) is 1. The van der Waals surface area contributed by atoms with E-state index in [-0.39, 0.29) is 5.54 Å². The zero-order valence-corrected chi connectivity index (χ0v) is 14.3. The molecule has 1 N–H and O–H groups in total. The second-order valence-electron chi connectivity index (χ2n) is 6.85. The Labute approximate surface area is 134 Å². The van der Waals surface area contributed by atoms with E-state index in [1.165, 1.54) is 36.5 Å². The molecule has 3 heterocycles. The van der Waals surface area contributed by atoms with Gasteiger partial charge in [0.05, 0.1) is 24.2 Å². The van der Waals surface area contributed by atoms with Crippen LogP contribution >= 0.6 is 23.5 Å². The molecule has 0 unspecified atom stereocenters. The maximum absolute atomic E-state index is 4.92. The van der Waals surface area contributed by atoms with Gasteiger partial charge < -0.3 is 10.2 Å². The Bertz CT molecular complexity index is 538. The quantitative estimate of drug-likeness (QED) is 0.848. The Hall–Kier alpha value is -0.620. The molecule has 0 aromatic rings. The lowest BCUT2D eigenvalue weighted by Gasteiger charge is -2.32. The molecule has 1 saturated carbocycles. The number of aliphatic imine (C=N–C) groups is 2. The van der Waals surface area contributed by atoms with E-state index < -0.39 is 0 Å². The van der Waals surface area contributed by atoms with Gasteiger partial charge in [-0.25, -0.2) is 0 Å². The maximum atomic E-state index is 4.92. The minimum atomic E-state index is 0.121. The number of nitrogens with zero attached hydrogens (tertiary/aromatic N) is 3. The summed E-state index contributed by atoms with van der Waals surface area (Å²) >= 11 is 3.64. The van der Waals surface area contributed by atoms with Gasteiger partial charge in [-0.2, -0.15) is 0 Å². The van der Waals surface area contributed by atoms with Crippen molar-refractivity contribution in [1.82, 2.24) is 10.2 Å². The van der Waals surface area contributed by atoms with E-state index in [0.29, 0.717) is 12.1 Å². The highest BCUT2D eigenvalue weighted by molar-refractivity contribution is 8.17. The smallest absolute Gasteiger partial charge is 0.168 e. The van der Waals surface area contributed by atoms with E-state index in [1.54, 1.807) is 0 Å². The Balaban J connectivity index is 1.40. The summed E-state index contributed by atoms with van der Waals surface area (Å²) in [6, 6.07) is 1.18. The highest BCUT2D eigenvalue weighted by Gasteiger charge is 2.41. The topological polar surface area (TPSA) is 40.0 Å². The van der Waals surface area contributed by atoms with Crippen molar-refractivity contribution in [3.63, 3.8) is 0 Å². The third kappa shape index (κ3) is 2.61. The third-order valence-corrected chi connectivity index (χ3v) is 6.39. The standard InChI is InChI=1S/C15H22N4S2/c1-15(2)9-16-13(18-15)20-7-10-8-21-14-17-11-5-3-4-6-12(11)19(10)14/h8,11-12H,3-7,9H2,1-2H3,(H,16,18)/t11-,12+/m1/s1. The fourth-order valence-electron chi connectivity index (χ4n) is 3.46. The minimum absolute atomic E-state index is 0.121. The summed E-state index contributed by atoms with van der Waals surface area (Å²) in [5.41, 5.74) is 1.54. The molecule has 4 rings (SSSR count). The van der Waals surface area contributed by atoms with E-state index >= 15 is 0 Å². The van der Waals surface area contributed by atoms with E-state index in [9.17, 15) is 0 Å². The van der Waals surface area contributed by atoms with Crippen molar-refractivity contribution >= 4 is 33.9 Å². The van der Waals surface area contributed by atoms with Gasteiger partial charge in [-0.05, 0) is 32.1 Å². The van der Waals surface area contributed by atoms with Gasteiger partial charge in [-0.1, -0.05) is 36.4 Å². The van der Waals surface area contributed by atoms with Gasteiger partial charge in [0.2, 0.25) is 0 Å². The normalized spacial score (nSPS) is 33.0. The van der Waals surface area contributed by atoms with Crippen LogP contribution in [0, 0.1) is 0 Å². The van der Waals surface area contributed by atoms with Gasteiger partial charge in [0.15, 0.2) is 10.3 Å². The van der Waals surface area contributed by atoms with Gasteiger partial charge in [0, 0.05) is 11.4 Å². The van der Waals surface area contributed by atoms with Gasteiger partial charge in [-0.3, -0.25) is 9.98 Å². The molecule has 0 saturated heterocycles. The number of hydrogen-bond acceptors (Lipinski definition) is 6. The zero-order valence-electron chi connectivity index (χ0n) is 12.6. The van der Waals surface area contributed by atoms with Crippen LogP contribution in [0.1, 0.15) is 39.5 Å². The summed E-state index contributed by atoms with van der Waals surface area (Å²) in [5.74, 6) is 0.997. The molecule has 2 atom stereocenters. The van der Waals surface area contributed by atoms with E-state index in [1.807, 2.05) is 23.5 Å². The number of rotatable bonds is 2. The Morgan fingerprint density at radius 1 is 1.43 bits per heavy atom. The van der Waals surface area contributed by atoms with Crippen molar-refractivity contribution in [2.75, 3.05) is 12.3 Å². The van der Waals surface area contributed by atoms with E-state index in [4.69, 9.17) is 4.99 Å². The lowest BCUT2D eigenvalue weighted by atomic mass is 9.91. The maximum Gasteiger partial charge on any atom is 0.168 e. The van der Waals surface area contributed by atoms with Gasteiger partial charge in [-0.15, -0.1) is 0 Å². The Morgan fingerprint density at radius 2 is 2.29 bits per heavy atom. The van der Waals surface area contributed by atoms with Crippen molar-refractivity contribution in [2.24, 2.45) is 9.98 Å². The molecule has 6 heteroatoms. The largest absolute Gasteiger partial charge is 0.358 e. The summed E-state index contributed by atoms with van der Waals surface area (Å²) in [4.78, 5) is 12.0. The molecular formula is C15H22N4S2. The average molecular weight is 323 g/mol. The molecule has 0 radical (unpaired) electrons. The van der Waals surface area contributed by atoms with Crippen molar-refractivity contribution in [3.8, 4) is 0 Å². The van der Waals surface area contributed by atoms with E-state index in [0.717, 1.165) is 17.5 Å². The first-order valence-corrected chi connectivity index (χ1v) is 9.67. The first-order chi connectivity index (χ1) is 10.1. The summed E-state index contributed by atoms with van der Waals surface area (Å²) in [7, 11) is 0. The molecule has 0 amide bonds. The summed E-state index contributed by atoms with van der Waals surface area (Å²) in [5, 5.41) is 8.12. The predicted molar refractivity (Wildman–Crippen MR) is 93.0 cm³/mol. The van der Waals surface area contributed by atoms with Crippen LogP contribution in [-0.2, 0) is 0 Å². The summed E-state index contributed by atoms with van der Waals surface area (Å²) in [6.45, 7) is 5.28. The van der Waals surface area contributed by atoms with Gasteiger partial charge in [0.25, 0.3) is 0 Å². The monoisotopic (exact) mass is 322 g/mol. The minimum Gasteiger partial charge on any atom is -0.358 e. The molecule has 0 bridgehead atoms. The molecule has 114 valence electrons. The Morgan fingerprint density at radius 3 is 3.10 bits per heavy atom. The predicted octanol–water partition coefficient (Wildman–Crippen LogP) is 3.03. The molecule has 4 aliphatic rings. The molecule has 1 fully saturated rings. The molecule has 1 aliphatic carbocycles. The van der Waals surface area contributed by atoms with Crippen molar-refractivity contribution in [3.05, 3.63) is 11.1 Å². The fraction of sp³-hybridized carbons (Fsp3) is 0.733. The molecule has 0 aromatic heterocycles. The first kappa shape index (κ1) is 14.0. The lowest BCUT2D eigenvalue weighted by molar-refractivity contribution is 0.285. The molecule has 0 spiro atoms. The number of hydrogen-bond donors (Lipinski definition) is 1. The molecule has 3 aliphatic heterocycles.